The Bertz CT molecular complexity index is 836. The number of nitrogens with one attached hydrogen (secondary N) is 1. The van der Waals surface area contributed by atoms with Crippen LogP contribution in [0.3, 0.4) is 0 Å². The molecule has 0 aliphatic rings. The highest BCUT2D eigenvalue weighted by Crippen LogP contribution is 2.25. The van der Waals surface area contributed by atoms with Gasteiger partial charge in [0.05, 0.1) is 19.6 Å². The third-order valence-electron chi connectivity index (χ3n) is 4.37. The first-order chi connectivity index (χ1) is 13.5. The smallest absolute Gasteiger partial charge is 0.329 e. The molecule has 1 amide bonds. The number of amides is 1. The maximum atomic E-state index is 12.8. The molecule has 0 spiro atoms. The number of fused-ring (bicyclic) bond motifs is 1. The minimum Gasteiger partial charge on any atom is -0.497 e. The molecule has 0 bridgehead atoms. The van der Waals surface area contributed by atoms with Crippen LogP contribution in [0, 0.1) is 0 Å². The number of carbonyl (C=O) groups is 2. The van der Waals surface area contributed by atoms with Gasteiger partial charge in [0, 0.05) is 11.5 Å². The number of rotatable bonds is 10. The maximum Gasteiger partial charge on any atom is 0.329 e. The zero-order valence-electron chi connectivity index (χ0n) is 16.6. The Morgan fingerprint density at radius 3 is 2.61 bits per heavy atom. The zero-order valence-corrected chi connectivity index (χ0v) is 17.4. The summed E-state index contributed by atoms with van der Waals surface area (Å²) in [7, 11) is 1.63. The Labute approximate surface area is 170 Å². The molecular weight excluding hydrogens is 374 g/mol. The molecule has 28 heavy (non-hydrogen) atoms. The lowest BCUT2D eigenvalue weighted by atomic mass is 9.96. The predicted molar refractivity (Wildman–Crippen MR) is 115 cm³/mol. The van der Waals surface area contributed by atoms with Gasteiger partial charge >= 0.3 is 5.97 Å². The van der Waals surface area contributed by atoms with Crippen LogP contribution in [-0.2, 0) is 14.3 Å². The van der Waals surface area contributed by atoms with Crippen molar-refractivity contribution in [1.29, 1.82) is 0 Å². The molecule has 0 aliphatic heterocycles. The Hall–Kier alpha value is -2.47. The maximum absolute atomic E-state index is 12.8. The molecule has 150 valence electrons. The van der Waals surface area contributed by atoms with Crippen molar-refractivity contribution < 1.29 is 19.1 Å². The van der Waals surface area contributed by atoms with Gasteiger partial charge in [0.15, 0.2) is 0 Å². The standard InChI is InChI=1S/C22H27NO4S/c1-5-11-28-14-20(22(25)27-6-2)23-21(24)15(3)16-7-8-18-13-19(26-4)10-9-17(18)12-16/h5,7-10,12-13,15,20H,1,6,11,14H2,2-4H3,(H,23,24)/t15?,20-/m0/s1. The molecule has 0 fully saturated rings. The highest BCUT2D eigenvalue weighted by atomic mass is 32.2. The van der Waals surface area contributed by atoms with Crippen LogP contribution in [0.4, 0.5) is 0 Å². The predicted octanol–water partition coefficient (Wildman–Crippen LogP) is 3.92. The molecule has 0 radical (unpaired) electrons. The molecule has 0 saturated heterocycles. The van der Waals surface area contributed by atoms with Crippen LogP contribution >= 0.6 is 11.8 Å². The summed E-state index contributed by atoms with van der Waals surface area (Å²) < 4.78 is 10.3. The number of thioether (sulfide) groups is 1. The van der Waals surface area contributed by atoms with Crippen LogP contribution in [-0.4, -0.2) is 43.1 Å². The monoisotopic (exact) mass is 401 g/mol. The van der Waals surface area contributed by atoms with Gasteiger partial charge in [-0.2, -0.15) is 11.8 Å². The highest BCUT2D eigenvalue weighted by Gasteiger charge is 2.25. The van der Waals surface area contributed by atoms with E-state index in [1.165, 1.54) is 11.8 Å². The average molecular weight is 402 g/mol. The van der Waals surface area contributed by atoms with E-state index in [1.807, 2.05) is 43.3 Å². The van der Waals surface area contributed by atoms with Crippen molar-refractivity contribution in [1.82, 2.24) is 5.32 Å². The van der Waals surface area contributed by atoms with Crippen molar-refractivity contribution in [3.63, 3.8) is 0 Å². The summed E-state index contributed by atoms with van der Waals surface area (Å²) in [6.45, 7) is 7.53. The minimum atomic E-state index is -0.676. The van der Waals surface area contributed by atoms with E-state index in [1.54, 1.807) is 20.1 Å². The van der Waals surface area contributed by atoms with E-state index in [2.05, 4.69) is 11.9 Å². The third-order valence-corrected chi connectivity index (χ3v) is 5.41. The fraction of sp³-hybridized carbons (Fsp3) is 0.364. The molecule has 1 N–H and O–H groups in total. The summed E-state index contributed by atoms with van der Waals surface area (Å²) in [5.41, 5.74) is 0.886. The summed E-state index contributed by atoms with van der Waals surface area (Å²) in [5, 5.41) is 4.91. The van der Waals surface area contributed by atoms with E-state index < -0.39 is 17.9 Å². The minimum absolute atomic E-state index is 0.204. The molecule has 1 unspecified atom stereocenters. The van der Waals surface area contributed by atoms with Crippen molar-refractivity contribution in [2.45, 2.75) is 25.8 Å². The van der Waals surface area contributed by atoms with Crippen LogP contribution in [0.2, 0.25) is 0 Å². The third kappa shape index (κ3) is 5.76. The van der Waals surface area contributed by atoms with E-state index in [0.717, 1.165) is 22.1 Å². The van der Waals surface area contributed by atoms with E-state index in [4.69, 9.17) is 9.47 Å². The molecule has 6 heteroatoms. The zero-order chi connectivity index (χ0) is 20.5. The number of esters is 1. The van der Waals surface area contributed by atoms with E-state index in [9.17, 15) is 9.59 Å². The molecule has 0 aliphatic carbocycles. The number of hydrogen-bond acceptors (Lipinski definition) is 5. The van der Waals surface area contributed by atoms with Crippen LogP contribution in [0.1, 0.15) is 25.3 Å². The molecular formula is C22H27NO4S. The number of methoxy groups -OCH3 is 1. The SMILES string of the molecule is C=CCSC[C@H](NC(=O)C(C)c1ccc2cc(OC)ccc2c1)C(=O)OCC. The van der Waals surface area contributed by atoms with Crippen LogP contribution in [0.25, 0.3) is 10.8 Å². The van der Waals surface area contributed by atoms with Crippen molar-refractivity contribution in [3.05, 3.63) is 54.6 Å². The summed E-state index contributed by atoms with van der Waals surface area (Å²) >= 11 is 1.52. The van der Waals surface area contributed by atoms with E-state index in [-0.39, 0.29) is 12.5 Å². The Kier molecular flexibility index (Phi) is 8.39. The van der Waals surface area contributed by atoms with Gasteiger partial charge < -0.3 is 14.8 Å². The lowest BCUT2D eigenvalue weighted by Gasteiger charge is -2.20. The molecule has 2 aromatic rings. The van der Waals surface area contributed by atoms with Gasteiger partial charge in [0.25, 0.3) is 0 Å². The number of ether oxygens (including phenoxy) is 2. The van der Waals surface area contributed by atoms with Crippen molar-refractivity contribution in [2.75, 3.05) is 25.2 Å². The summed E-state index contributed by atoms with van der Waals surface area (Å²) in [4.78, 5) is 24.9. The lowest BCUT2D eigenvalue weighted by molar-refractivity contribution is -0.146. The largest absolute Gasteiger partial charge is 0.497 e. The fourth-order valence-corrected chi connectivity index (χ4v) is 3.53. The first kappa shape index (κ1) is 21.8. The van der Waals surface area contributed by atoms with Gasteiger partial charge in [-0.15, -0.1) is 6.58 Å². The van der Waals surface area contributed by atoms with Gasteiger partial charge in [-0.1, -0.05) is 30.3 Å². The molecule has 2 rings (SSSR count). The quantitative estimate of drug-likeness (QED) is 0.371. The molecule has 0 heterocycles. The van der Waals surface area contributed by atoms with E-state index >= 15 is 0 Å². The van der Waals surface area contributed by atoms with Crippen LogP contribution in [0.15, 0.2) is 49.1 Å². The van der Waals surface area contributed by atoms with E-state index in [0.29, 0.717) is 11.5 Å². The fourth-order valence-electron chi connectivity index (χ4n) is 2.77. The molecule has 2 aromatic carbocycles. The average Bonchev–Trinajstić information content (AvgIpc) is 2.71. The van der Waals surface area contributed by atoms with Crippen molar-refractivity contribution >= 4 is 34.4 Å². The Morgan fingerprint density at radius 1 is 1.21 bits per heavy atom. The van der Waals surface area contributed by atoms with Gasteiger partial charge in [-0.3, -0.25) is 4.79 Å². The van der Waals surface area contributed by atoms with Crippen LogP contribution < -0.4 is 10.1 Å². The number of hydrogen-bond donors (Lipinski definition) is 1. The Morgan fingerprint density at radius 2 is 1.93 bits per heavy atom. The second kappa shape index (κ2) is 10.8. The second-order valence-electron chi connectivity index (χ2n) is 6.33. The number of carbonyl (C=O) groups excluding carboxylic acids is 2. The first-order valence-corrected chi connectivity index (χ1v) is 10.4. The first-order valence-electron chi connectivity index (χ1n) is 9.23. The van der Waals surface area contributed by atoms with Crippen molar-refractivity contribution in [3.8, 4) is 5.75 Å². The summed E-state index contributed by atoms with van der Waals surface area (Å²) in [6, 6.07) is 11.0. The van der Waals surface area contributed by atoms with Gasteiger partial charge in [0.1, 0.15) is 11.8 Å². The number of benzene rings is 2. The van der Waals surface area contributed by atoms with Gasteiger partial charge in [-0.25, -0.2) is 4.79 Å². The van der Waals surface area contributed by atoms with Crippen molar-refractivity contribution in [2.24, 2.45) is 0 Å². The van der Waals surface area contributed by atoms with Gasteiger partial charge in [0.2, 0.25) is 5.91 Å². The topological polar surface area (TPSA) is 64.6 Å². The highest BCUT2D eigenvalue weighted by molar-refractivity contribution is 7.99. The molecule has 5 nitrogen and oxygen atoms in total. The van der Waals surface area contributed by atoms with Crippen LogP contribution in [0.5, 0.6) is 5.75 Å². The Balaban J connectivity index is 2.13. The summed E-state index contributed by atoms with van der Waals surface area (Å²) in [6.07, 6.45) is 1.77. The van der Waals surface area contributed by atoms with Gasteiger partial charge in [-0.05, 0) is 42.3 Å². The molecule has 2 atom stereocenters. The summed E-state index contributed by atoms with van der Waals surface area (Å²) in [5.74, 6) is 0.930. The molecule has 0 saturated carbocycles. The second-order valence-corrected chi connectivity index (χ2v) is 7.41. The lowest BCUT2D eigenvalue weighted by Crippen LogP contribution is -2.45. The molecule has 0 aromatic heterocycles. The normalized spacial score (nSPS) is 12.8.